The van der Waals surface area contributed by atoms with E-state index in [1.165, 1.54) is 36.9 Å². The Bertz CT molecular complexity index is 852. The largest absolute Gasteiger partial charge is 0.357 e. The minimum Gasteiger partial charge on any atom is -0.357 e. The van der Waals surface area contributed by atoms with Gasteiger partial charge in [-0.2, -0.15) is 5.10 Å². The number of nitrogens with one attached hydrogen (secondary N) is 2. The van der Waals surface area contributed by atoms with Gasteiger partial charge < -0.3 is 15.5 Å². The molecule has 1 fully saturated rings. The Kier molecular flexibility index (Phi) is 10.7. The number of nitrogens with zero attached hydrogens (tertiary/aromatic N) is 5. The molecule has 0 aliphatic carbocycles. The maximum absolute atomic E-state index is 4.79. The molecule has 0 bridgehead atoms. The van der Waals surface area contributed by atoms with Crippen LogP contribution in [-0.4, -0.2) is 46.4 Å². The maximum Gasteiger partial charge on any atom is 0.191 e. The average molecular weight is 554 g/mol. The van der Waals surface area contributed by atoms with Gasteiger partial charge in [-0.1, -0.05) is 18.9 Å². The number of halogens is 1. The Morgan fingerprint density at radius 1 is 1.16 bits per heavy atom. The minimum absolute atomic E-state index is 0. The SMILES string of the molecule is CCNC(=NCc1ccc(N2CCCCCC2)nc1)NC(C)Cc1c(C)nn(C)c1C.I. The second-order valence-corrected chi connectivity index (χ2v) is 8.64. The van der Waals surface area contributed by atoms with Crippen LogP contribution >= 0.6 is 24.0 Å². The van der Waals surface area contributed by atoms with Crippen molar-refractivity contribution < 1.29 is 0 Å². The number of aliphatic imine (C=N–C) groups is 1. The number of hydrogen-bond donors (Lipinski definition) is 2. The van der Waals surface area contributed by atoms with Crippen molar-refractivity contribution in [3.05, 3.63) is 40.8 Å². The van der Waals surface area contributed by atoms with Crippen LogP contribution in [0.2, 0.25) is 0 Å². The van der Waals surface area contributed by atoms with Gasteiger partial charge in [-0.05, 0) is 64.2 Å². The van der Waals surface area contributed by atoms with E-state index < -0.39 is 0 Å². The van der Waals surface area contributed by atoms with Crippen molar-refractivity contribution in [2.75, 3.05) is 24.5 Å². The van der Waals surface area contributed by atoms with Gasteiger partial charge in [-0.25, -0.2) is 9.98 Å². The zero-order chi connectivity index (χ0) is 22.2. The summed E-state index contributed by atoms with van der Waals surface area (Å²) >= 11 is 0. The van der Waals surface area contributed by atoms with Gasteiger partial charge in [-0.15, -0.1) is 24.0 Å². The molecule has 0 amide bonds. The molecular formula is C24H40IN7. The molecule has 1 atom stereocenters. The van der Waals surface area contributed by atoms with Crippen molar-refractivity contribution >= 4 is 35.8 Å². The average Bonchev–Trinajstić information content (AvgIpc) is 2.96. The molecule has 2 N–H and O–H groups in total. The highest BCUT2D eigenvalue weighted by atomic mass is 127. The Balaban J connectivity index is 0.00000363. The second kappa shape index (κ2) is 13.0. The van der Waals surface area contributed by atoms with Crippen molar-refractivity contribution in [3.8, 4) is 0 Å². The lowest BCUT2D eigenvalue weighted by Gasteiger charge is -2.21. The van der Waals surface area contributed by atoms with Crippen LogP contribution in [0, 0.1) is 13.8 Å². The molecule has 1 aliphatic heterocycles. The molecule has 1 unspecified atom stereocenters. The van der Waals surface area contributed by atoms with Crippen molar-refractivity contribution in [3.63, 3.8) is 0 Å². The molecule has 0 radical (unpaired) electrons. The van der Waals surface area contributed by atoms with E-state index in [9.17, 15) is 0 Å². The highest BCUT2D eigenvalue weighted by Crippen LogP contribution is 2.18. The van der Waals surface area contributed by atoms with E-state index >= 15 is 0 Å². The van der Waals surface area contributed by atoms with Gasteiger partial charge in [0.05, 0.1) is 12.2 Å². The molecule has 8 heteroatoms. The van der Waals surface area contributed by atoms with Crippen molar-refractivity contribution in [1.29, 1.82) is 0 Å². The smallest absolute Gasteiger partial charge is 0.191 e. The van der Waals surface area contributed by atoms with Crippen LogP contribution in [0.1, 0.15) is 62.0 Å². The summed E-state index contributed by atoms with van der Waals surface area (Å²) in [5, 5.41) is 11.4. The molecule has 3 rings (SSSR count). The fourth-order valence-corrected chi connectivity index (χ4v) is 4.19. The fourth-order valence-electron chi connectivity index (χ4n) is 4.19. The van der Waals surface area contributed by atoms with E-state index in [-0.39, 0.29) is 30.0 Å². The second-order valence-electron chi connectivity index (χ2n) is 8.64. The van der Waals surface area contributed by atoms with Gasteiger partial charge in [0.15, 0.2) is 5.96 Å². The predicted molar refractivity (Wildman–Crippen MR) is 144 cm³/mol. The van der Waals surface area contributed by atoms with Crippen molar-refractivity contribution in [2.45, 2.75) is 72.4 Å². The van der Waals surface area contributed by atoms with Crippen LogP contribution < -0.4 is 15.5 Å². The lowest BCUT2D eigenvalue weighted by atomic mass is 10.1. The Morgan fingerprint density at radius 2 is 1.88 bits per heavy atom. The number of rotatable bonds is 7. The molecule has 1 saturated heterocycles. The standard InChI is InChI=1S/C24H39N7.HI/c1-6-25-24(28-18(2)15-22-19(3)29-30(5)20(22)4)27-17-21-11-12-23(26-16-21)31-13-9-7-8-10-14-31;/h11-12,16,18H,6-10,13-15,17H2,1-5H3,(H2,25,27,28);1H. The first-order valence-electron chi connectivity index (χ1n) is 11.7. The van der Waals surface area contributed by atoms with Gasteiger partial charge in [-0.3, -0.25) is 4.68 Å². The molecule has 2 aromatic heterocycles. The van der Waals surface area contributed by atoms with E-state index in [1.54, 1.807) is 0 Å². The van der Waals surface area contributed by atoms with Crippen molar-refractivity contribution in [2.24, 2.45) is 12.0 Å². The van der Waals surface area contributed by atoms with E-state index in [0.29, 0.717) is 6.54 Å². The van der Waals surface area contributed by atoms with Crippen LogP contribution in [0.3, 0.4) is 0 Å². The van der Waals surface area contributed by atoms with Gasteiger partial charge in [0.1, 0.15) is 5.82 Å². The zero-order valence-corrected chi connectivity index (χ0v) is 22.6. The molecule has 1 aliphatic rings. The third-order valence-electron chi connectivity index (χ3n) is 6.06. The summed E-state index contributed by atoms with van der Waals surface area (Å²) in [7, 11) is 2.00. The van der Waals surface area contributed by atoms with Crippen LogP contribution in [-0.2, 0) is 20.0 Å². The number of guanidine groups is 1. The Labute approximate surface area is 210 Å². The fraction of sp³-hybridized carbons (Fsp3) is 0.625. The highest BCUT2D eigenvalue weighted by molar-refractivity contribution is 14.0. The lowest BCUT2D eigenvalue weighted by molar-refractivity contribution is 0.635. The first-order valence-corrected chi connectivity index (χ1v) is 11.7. The van der Waals surface area contributed by atoms with Gasteiger partial charge in [0.25, 0.3) is 0 Å². The summed E-state index contributed by atoms with van der Waals surface area (Å²) in [5.41, 5.74) is 4.77. The summed E-state index contributed by atoms with van der Waals surface area (Å²) in [6.07, 6.45) is 8.09. The summed E-state index contributed by atoms with van der Waals surface area (Å²) in [5.74, 6) is 1.93. The summed E-state index contributed by atoms with van der Waals surface area (Å²) in [6.45, 7) is 12.2. The molecule has 178 valence electrons. The van der Waals surface area contributed by atoms with Crippen LogP contribution in [0.5, 0.6) is 0 Å². The number of hydrogen-bond acceptors (Lipinski definition) is 4. The molecule has 0 aromatic carbocycles. The monoisotopic (exact) mass is 553 g/mol. The number of aromatic nitrogens is 3. The topological polar surface area (TPSA) is 70.4 Å². The Morgan fingerprint density at radius 3 is 2.44 bits per heavy atom. The van der Waals surface area contributed by atoms with Crippen molar-refractivity contribution in [1.82, 2.24) is 25.4 Å². The number of anilines is 1. The molecule has 3 heterocycles. The molecule has 0 saturated carbocycles. The Hall–Kier alpha value is -1.84. The third-order valence-corrected chi connectivity index (χ3v) is 6.06. The first kappa shape index (κ1) is 26.4. The van der Waals surface area contributed by atoms with E-state index in [1.807, 2.05) is 17.9 Å². The highest BCUT2D eigenvalue weighted by Gasteiger charge is 2.14. The number of pyridine rings is 1. The summed E-state index contributed by atoms with van der Waals surface area (Å²) < 4.78 is 1.96. The number of aryl methyl sites for hydroxylation is 2. The normalized spacial score (nSPS) is 15.7. The quantitative estimate of drug-likeness (QED) is 0.307. The minimum atomic E-state index is 0. The first-order chi connectivity index (χ1) is 15.0. The van der Waals surface area contributed by atoms with E-state index in [4.69, 9.17) is 9.98 Å². The lowest BCUT2D eigenvalue weighted by Crippen LogP contribution is -2.43. The van der Waals surface area contributed by atoms with Gasteiger partial charge >= 0.3 is 0 Å². The van der Waals surface area contributed by atoms with Crippen LogP contribution in [0.15, 0.2) is 23.3 Å². The van der Waals surface area contributed by atoms with Crippen LogP contribution in [0.25, 0.3) is 0 Å². The molecule has 32 heavy (non-hydrogen) atoms. The van der Waals surface area contributed by atoms with E-state index in [2.05, 4.69) is 60.5 Å². The van der Waals surface area contributed by atoms with Gasteiger partial charge in [0.2, 0.25) is 0 Å². The zero-order valence-electron chi connectivity index (χ0n) is 20.3. The summed E-state index contributed by atoms with van der Waals surface area (Å²) in [4.78, 5) is 11.9. The van der Waals surface area contributed by atoms with Crippen LogP contribution in [0.4, 0.5) is 5.82 Å². The van der Waals surface area contributed by atoms with E-state index in [0.717, 1.165) is 49.1 Å². The molecule has 7 nitrogen and oxygen atoms in total. The molecule has 0 spiro atoms. The third kappa shape index (κ3) is 7.35. The molecular weight excluding hydrogens is 513 g/mol. The maximum atomic E-state index is 4.79. The molecule has 2 aromatic rings. The summed E-state index contributed by atoms with van der Waals surface area (Å²) in [6, 6.07) is 4.56. The van der Waals surface area contributed by atoms with Gasteiger partial charge in [0, 0.05) is 44.6 Å². The predicted octanol–water partition coefficient (Wildman–Crippen LogP) is 4.12.